The summed E-state index contributed by atoms with van der Waals surface area (Å²) >= 11 is 1.56. The van der Waals surface area contributed by atoms with Crippen molar-refractivity contribution in [2.45, 2.75) is 51.9 Å². The third-order valence-electron chi connectivity index (χ3n) is 3.34. The molecule has 0 saturated carbocycles. The fraction of sp³-hybridized carbons (Fsp3) is 0.526. The lowest BCUT2D eigenvalue weighted by atomic mass is 10.1. The highest BCUT2D eigenvalue weighted by Gasteiger charge is 2.25. The Bertz CT molecular complexity index is 639. The monoisotopic (exact) mass is 396 g/mol. The Kier molecular flexibility index (Phi) is 9.14. The summed E-state index contributed by atoms with van der Waals surface area (Å²) in [7, 11) is 0. The maximum Gasteiger partial charge on any atom is 0.408 e. The molecule has 0 heterocycles. The van der Waals surface area contributed by atoms with Gasteiger partial charge < -0.3 is 24.7 Å². The lowest BCUT2D eigenvalue weighted by Gasteiger charge is -2.23. The second kappa shape index (κ2) is 10.8. The van der Waals surface area contributed by atoms with Crippen LogP contribution < -0.4 is 10.4 Å². The van der Waals surface area contributed by atoms with E-state index in [2.05, 4.69) is 5.32 Å². The Balaban J connectivity index is 2.62. The van der Waals surface area contributed by atoms with Crippen LogP contribution in [-0.2, 0) is 32.1 Å². The quantitative estimate of drug-likeness (QED) is 0.633. The number of nitrogens with one attached hydrogen (secondary N) is 1. The van der Waals surface area contributed by atoms with Crippen molar-refractivity contribution in [3.05, 3.63) is 35.4 Å². The minimum atomic E-state index is -1.15. The van der Waals surface area contributed by atoms with Gasteiger partial charge in [0.25, 0.3) is 0 Å². The van der Waals surface area contributed by atoms with Gasteiger partial charge in [-0.15, -0.1) is 0 Å². The van der Waals surface area contributed by atoms with Gasteiger partial charge in [0.2, 0.25) is 0 Å². The lowest BCUT2D eigenvalue weighted by Crippen LogP contribution is -2.44. The summed E-state index contributed by atoms with van der Waals surface area (Å²) in [5.41, 5.74) is 0.659. The van der Waals surface area contributed by atoms with E-state index in [0.29, 0.717) is 23.3 Å². The van der Waals surface area contributed by atoms with Crippen LogP contribution in [0.25, 0.3) is 0 Å². The molecule has 0 bridgehead atoms. The smallest absolute Gasteiger partial charge is 0.408 e. The van der Waals surface area contributed by atoms with Crippen LogP contribution in [0.15, 0.2) is 24.3 Å². The molecule has 0 spiro atoms. The number of carbonyl (C=O) groups excluding carboxylic acids is 3. The molecule has 1 aromatic rings. The number of ether oxygens (including phenoxy) is 2. The second-order valence-electron chi connectivity index (χ2n) is 6.95. The number of benzene rings is 1. The van der Waals surface area contributed by atoms with Gasteiger partial charge in [-0.3, -0.25) is 0 Å². The normalized spacial score (nSPS) is 12.1. The van der Waals surface area contributed by atoms with Crippen LogP contribution >= 0.6 is 11.8 Å². The highest BCUT2D eigenvalue weighted by molar-refractivity contribution is 7.98. The van der Waals surface area contributed by atoms with Crippen molar-refractivity contribution in [1.82, 2.24) is 5.32 Å². The molecule has 0 aliphatic heterocycles. The van der Waals surface area contributed by atoms with Crippen LogP contribution in [-0.4, -0.2) is 41.7 Å². The van der Waals surface area contributed by atoms with E-state index in [-0.39, 0.29) is 13.0 Å². The van der Waals surface area contributed by atoms with Crippen LogP contribution in [0.1, 0.15) is 38.3 Å². The molecular formula is C19H26NO6S-. The molecule has 0 aliphatic carbocycles. The summed E-state index contributed by atoms with van der Waals surface area (Å²) in [5.74, 6) is -1.03. The van der Waals surface area contributed by atoms with E-state index in [1.807, 2.05) is 6.26 Å². The van der Waals surface area contributed by atoms with Gasteiger partial charge in [0.05, 0.1) is 0 Å². The van der Waals surface area contributed by atoms with Crippen LogP contribution in [0.5, 0.6) is 0 Å². The molecular weight excluding hydrogens is 370 g/mol. The summed E-state index contributed by atoms with van der Waals surface area (Å²) in [6.45, 7) is 5.25. The molecule has 0 aromatic heterocycles. The number of thioether (sulfide) groups is 1. The van der Waals surface area contributed by atoms with Crippen LogP contribution in [0.3, 0.4) is 0 Å². The van der Waals surface area contributed by atoms with Gasteiger partial charge in [0, 0.05) is 12.4 Å². The zero-order valence-electron chi connectivity index (χ0n) is 16.1. The number of hydrogen-bond acceptors (Lipinski definition) is 7. The van der Waals surface area contributed by atoms with E-state index < -0.39 is 29.7 Å². The standard InChI is InChI=1S/C19H27NO6S/c1-19(2,3)26-18(24)20-15(9-10-27-4)17(23)25-12-14-7-5-13(6-8-14)11-16(21)22/h5-8,15H,9-12H2,1-4H3,(H,20,24)(H,21,22)/p-1/t15-/m0/s1. The summed E-state index contributed by atoms with van der Waals surface area (Å²) < 4.78 is 10.5. The van der Waals surface area contributed by atoms with Crippen molar-refractivity contribution in [3.8, 4) is 0 Å². The van der Waals surface area contributed by atoms with Crippen molar-refractivity contribution >= 4 is 29.8 Å². The maximum atomic E-state index is 12.3. The number of amides is 1. The third-order valence-corrected chi connectivity index (χ3v) is 3.98. The molecule has 27 heavy (non-hydrogen) atoms. The van der Waals surface area contributed by atoms with Crippen LogP contribution in [0.2, 0.25) is 0 Å². The first-order valence-electron chi connectivity index (χ1n) is 8.53. The van der Waals surface area contributed by atoms with Gasteiger partial charge in [-0.25, -0.2) is 9.59 Å². The number of carbonyl (C=O) groups is 3. The molecule has 1 rings (SSSR count). The van der Waals surface area contributed by atoms with Gasteiger partial charge in [-0.2, -0.15) is 11.8 Å². The fourth-order valence-corrected chi connectivity index (χ4v) is 2.58. The average Bonchev–Trinajstić information content (AvgIpc) is 2.55. The van der Waals surface area contributed by atoms with E-state index in [0.717, 1.165) is 0 Å². The molecule has 0 fully saturated rings. The molecule has 0 aliphatic rings. The molecule has 1 aromatic carbocycles. The van der Waals surface area contributed by atoms with E-state index >= 15 is 0 Å². The van der Waals surface area contributed by atoms with Crippen molar-refractivity contribution in [1.29, 1.82) is 0 Å². The first kappa shape index (κ1) is 22.8. The Labute approximate surface area is 163 Å². The number of esters is 1. The topological polar surface area (TPSA) is 105 Å². The zero-order valence-corrected chi connectivity index (χ0v) is 16.9. The summed E-state index contributed by atoms with van der Waals surface area (Å²) in [6, 6.07) is 5.85. The van der Waals surface area contributed by atoms with Gasteiger partial charge in [-0.05, 0) is 50.3 Å². The van der Waals surface area contributed by atoms with E-state index in [9.17, 15) is 19.5 Å². The Morgan fingerprint density at radius 1 is 1.15 bits per heavy atom. The summed E-state index contributed by atoms with van der Waals surface area (Å²) in [6.07, 6.45) is 1.49. The Morgan fingerprint density at radius 2 is 1.74 bits per heavy atom. The summed E-state index contributed by atoms with van der Waals surface area (Å²) in [5, 5.41) is 13.1. The molecule has 8 heteroatoms. The maximum absolute atomic E-state index is 12.3. The first-order valence-corrected chi connectivity index (χ1v) is 9.93. The van der Waals surface area contributed by atoms with E-state index in [1.54, 1.807) is 56.8 Å². The largest absolute Gasteiger partial charge is 0.550 e. The number of carboxylic acids is 1. The molecule has 1 atom stereocenters. The SMILES string of the molecule is CSCC[C@H](NC(=O)OC(C)(C)C)C(=O)OCc1ccc(CC(=O)[O-])cc1. The van der Waals surface area contributed by atoms with Gasteiger partial charge in [0.1, 0.15) is 18.2 Å². The van der Waals surface area contributed by atoms with Crippen LogP contribution in [0.4, 0.5) is 4.79 Å². The third kappa shape index (κ3) is 9.89. The Hall–Kier alpha value is -2.22. The second-order valence-corrected chi connectivity index (χ2v) is 7.94. The molecule has 0 unspecified atom stereocenters. The molecule has 150 valence electrons. The molecule has 0 saturated heterocycles. The number of carboxylic acid groups (broad SMARTS) is 1. The Morgan fingerprint density at radius 3 is 2.26 bits per heavy atom. The number of hydrogen-bond donors (Lipinski definition) is 1. The van der Waals surface area contributed by atoms with Crippen LogP contribution in [0, 0.1) is 0 Å². The fourth-order valence-electron chi connectivity index (χ4n) is 2.11. The van der Waals surface area contributed by atoms with Gasteiger partial charge >= 0.3 is 12.1 Å². The summed E-state index contributed by atoms with van der Waals surface area (Å²) in [4.78, 5) is 34.9. The molecule has 0 radical (unpaired) electrons. The lowest BCUT2D eigenvalue weighted by molar-refractivity contribution is -0.304. The molecule has 1 amide bonds. The predicted octanol–water partition coefficient (Wildman–Crippen LogP) is 1.67. The average molecular weight is 396 g/mol. The van der Waals surface area contributed by atoms with E-state index in [1.165, 1.54) is 0 Å². The number of alkyl carbamates (subject to hydrolysis) is 1. The minimum Gasteiger partial charge on any atom is -0.550 e. The van der Waals surface area contributed by atoms with Gasteiger partial charge in [0.15, 0.2) is 0 Å². The molecule has 1 N–H and O–H groups in total. The highest BCUT2D eigenvalue weighted by Crippen LogP contribution is 2.11. The highest BCUT2D eigenvalue weighted by atomic mass is 32.2. The van der Waals surface area contributed by atoms with Crippen molar-refractivity contribution in [2.24, 2.45) is 0 Å². The number of rotatable bonds is 9. The van der Waals surface area contributed by atoms with Crippen molar-refractivity contribution in [2.75, 3.05) is 12.0 Å². The zero-order chi connectivity index (χ0) is 20.4. The first-order chi connectivity index (χ1) is 12.6. The van der Waals surface area contributed by atoms with Crippen molar-refractivity contribution in [3.63, 3.8) is 0 Å². The minimum absolute atomic E-state index is 0.0240. The van der Waals surface area contributed by atoms with E-state index in [4.69, 9.17) is 9.47 Å². The molecule has 7 nitrogen and oxygen atoms in total. The number of aliphatic carboxylic acids is 1. The predicted molar refractivity (Wildman–Crippen MR) is 101 cm³/mol. The van der Waals surface area contributed by atoms with Crippen molar-refractivity contribution < 1.29 is 29.0 Å². The van der Waals surface area contributed by atoms with Gasteiger partial charge in [-0.1, -0.05) is 24.3 Å².